The molecule has 1 aliphatic heterocycles. The number of anilines is 1. The van der Waals surface area contributed by atoms with E-state index in [4.69, 9.17) is 10.5 Å². The number of para-hydroxylation sites is 1. The van der Waals surface area contributed by atoms with Crippen molar-refractivity contribution >= 4 is 42.3 Å². The highest BCUT2D eigenvalue weighted by Gasteiger charge is 2.23. The maximum Gasteiger partial charge on any atom is 0.253 e. The van der Waals surface area contributed by atoms with Crippen LogP contribution in [0.25, 0.3) is 0 Å². The largest absolute Gasteiger partial charge is 0.375 e. The molecule has 0 radical (unpaired) electrons. The van der Waals surface area contributed by atoms with Crippen molar-refractivity contribution in [2.75, 3.05) is 38.1 Å². The third kappa shape index (κ3) is 8.47. The van der Waals surface area contributed by atoms with Gasteiger partial charge in [-0.15, -0.1) is 24.8 Å². The third-order valence-corrected chi connectivity index (χ3v) is 4.76. The number of rotatable bonds is 8. The highest BCUT2D eigenvalue weighted by molar-refractivity contribution is 6.03. The molecule has 1 saturated heterocycles. The van der Waals surface area contributed by atoms with Crippen LogP contribution >= 0.6 is 24.8 Å². The van der Waals surface area contributed by atoms with Crippen LogP contribution in [0.5, 0.6) is 0 Å². The molecule has 9 heteroatoms. The summed E-state index contributed by atoms with van der Waals surface area (Å²) in [5, 5.41) is 5.58. The number of amides is 2. The molecular weight excluding hydrogens is 439 g/mol. The Hall–Kier alpha value is -2.16. The molecule has 7 nitrogen and oxygen atoms in total. The van der Waals surface area contributed by atoms with Crippen molar-refractivity contribution in [3.63, 3.8) is 0 Å². The molecule has 2 aromatic carbocycles. The summed E-state index contributed by atoms with van der Waals surface area (Å²) in [6.07, 6.45) is 0.0648. The molecule has 1 aliphatic rings. The number of nitrogens with one attached hydrogen (secondary N) is 2. The first-order valence-corrected chi connectivity index (χ1v) is 9.90. The Morgan fingerprint density at radius 2 is 1.77 bits per heavy atom. The monoisotopic (exact) mass is 468 g/mol. The summed E-state index contributed by atoms with van der Waals surface area (Å²) in [6.45, 7) is 3.72. The lowest BCUT2D eigenvalue weighted by Crippen LogP contribution is -2.43. The zero-order valence-electron chi connectivity index (χ0n) is 17.3. The van der Waals surface area contributed by atoms with Crippen LogP contribution in [0.2, 0.25) is 0 Å². The minimum atomic E-state index is -0.255. The number of morpholine rings is 1. The maximum atomic E-state index is 12.6. The van der Waals surface area contributed by atoms with E-state index in [1.165, 1.54) is 5.56 Å². The van der Waals surface area contributed by atoms with Gasteiger partial charge in [0, 0.05) is 32.7 Å². The molecule has 1 heterocycles. The Bertz CT molecular complexity index is 823. The number of nitrogens with zero attached hydrogens (tertiary/aromatic N) is 1. The zero-order valence-corrected chi connectivity index (χ0v) is 18.9. The lowest BCUT2D eigenvalue weighted by molar-refractivity contribution is -0.121. The average molecular weight is 469 g/mol. The normalized spacial score (nSPS) is 15.8. The molecule has 170 valence electrons. The Morgan fingerprint density at radius 3 is 2.52 bits per heavy atom. The predicted octanol–water partition coefficient (Wildman–Crippen LogP) is 2.45. The summed E-state index contributed by atoms with van der Waals surface area (Å²) in [4.78, 5) is 27.1. The second-order valence-electron chi connectivity index (χ2n) is 7.06. The Labute approximate surface area is 195 Å². The number of ether oxygens (including phenoxy) is 1. The molecule has 4 N–H and O–H groups in total. The topological polar surface area (TPSA) is 96.7 Å². The first-order valence-electron chi connectivity index (χ1n) is 9.90. The predicted molar refractivity (Wildman–Crippen MR) is 127 cm³/mol. The Morgan fingerprint density at radius 1 is 1.06 bits per heavy atom. The van der Waals surface area contributed by atoms with Gasteiger partial charge in [0.15, 0.2) is 0 Å². The van der Waals surface area contributed by atoms with Gasteiger partial charge in [-0.05, 0) is 17.7 Å². The van der Waals surface area contributed by atoms with E-state index in [0.717, 1.165) is 13.1 Å². The van der Waals surface area contributed by atoms with Crippen molar-refractivity contribution in [2.45, 2.75) is 19.1 Å². The number of benzene rings is 2. The van der Waals surface area contributed by atoms with Gasteiger partial charge in [-0.1, -0.05) is 42.5 Å². The standard InChI is InChI=1S/C22H28N4O3.2ClH/c23-10-11-24-22(28)19-8-4-5-9-20(19)25-21(27)14-18-16-26(12-13-29-18)15-17-6-2-1-3-7-17;;/h1-9,18H,10-16,23H2,(H,24,28)(H,25,27);2*1H. The van der Waals surface area contributed by atoms with E-state index in [9.17, 15) is 9.59 Å². The number of nitrogens with two attached hydrogens (primary N) is 1. The van der Waals surface area contributed by atoms with Gasteiger partial charge in [-0.25, -0.2) is 0 Å². The zero-order chi connectivity index (χ0) is 20.5. The molecule has 2 amide bonds. The van der Waals surface area contributed by atoms with Crippen LogP contribution in [-0.4, -0.2) is 55.6 Å². The van der Waals surface area contributed by atoms with E-state index in [1.54, 1.807) is 24.3 Å². The van der Waals surface area contributed by atoms with Crippen LogP contribution < -0.4 is 16.4 Å². The molecule has 0 spiro atoms. The fourth-order valence-corrected chi connectivity index (χ4v) is 3.37. The number of hydrogen-bond donors (Lipinski definition) is 3. The summed E-state index contributed by atoms with van der Waals surface area (Å²) >= 11 is 0. The molecule has 0 bridgehead atoms. The summed E-state index contributed by atoms with van der Waals surface area (Å²) < 4.78 is 5.79. The van der Waals surface area contributed by atoms with Crippen LogP contribution in [0.15, 0.2) is 54.6 Å². The van der Waals surface area contributed by atoms with Crippen LogP contribution in [0.1, 0.15) is 22.3 Å². The molecule has 2 aromatic rings. The van der Waals surface area contributed by atoms with Crippen LogP contribution in [0.3, 0.4) is 0 Å². The Balaban J connectivity index is 0.00000240. The second-order valence-corrected chi connectivity index (χ2v) is 7.06. The average Bonchev–Trinajstić information content (AvgIpc) is 2.73. The number of halogens is 2. The minimum Gasteiger partial charge on any atom is -0.375 e. The number of carbonyl (C=O) groups excluding carboxylic acids is 2. The molecule has 3 rings (SSSR count). The van der Waals surface area contributed by atoms with E-state index in [2.05, 4.69) is 27.7 Å². The molecule has 1 atom stereocenters. The van der Waals surface area contributed by atoms with E-state index < -0.39 is 0 Å². The van der Waals surface area contributed by atoms with Gasteiger partial charge >= 0.3 is 0 Å². The van der Waals surface area contributed by atoms with Crippen molar-refractivity contribution in [3.05, 3.63) is 65.7 Å². The lowest BCUT2D eigenvalue weighted by Gasteiger charge is -2.32. The van der Waals surface area contributed by atoms with Gasteiger partial charge in [0.05, 0.1) is 30.4 Å². The minimum absolute atomic E-state index is 0. The lowest BCUT2D eigenvalue weighted by atomic mass is 10.1. The van der Waals surface area contributed by atoms with Crippen molar-refractivity contribution in [2.24, 2.45) is 5.73 Å². The van der Waals surface area contributed by atoms with E-state index >= 15 is 0 Å². The first kappa shape index (κ1) is 26.9. The Kier molecular flexibility index (Phi) is 12.1. The summed E-state index contributed by atoms with van der Waals surface area (Å²) in [5.41, 5.74) is 7.59. The van der Waals surface area contributed by atoms with Gasteiger partial charge in [-0.2, -0.15) is 0 Å². The first-order chi connectivity index (χ1) is 14.2. The van der Waals surface area contributed by atoms with Crippen molar-refractivity contribution in [3.8, 4) is 0 Å². The van der Waals surface area contributed by atoms with Crippen molar-refractivity contribution in [1.29, 1.82) is 0 Å². The molecule has 31 heavy (non-hydrogen) atoms. The SMILES string of the molecule is Cl.Cl.NCCNC(=O)c1ccccc1NC(=O)CC1CN(Cc2ccccc2)CCO1. The summed E-state index contributed by atoms with van der Waals surface area (Å²) in [6, 6.07) is 17.2. The van der Waals surface area contributed by atoms with Gasteiger partial charge in [0.25, 0.3) is 5.91 Å². The van der Waals surface area contributed by atoms with Gasteiger partial charge < -0.3 is 21.1 Å². The fourth-order valence-electron chi connectivity index (χ4n) is 3.37. The summed E-state index contributed by atoms with van der Waals surface area (Å²) in [7, 11) is 0. The summed E-state index contributed by atoms with van der Waals surface area (Å²) in [5.74, 6) is -0.426. The van der Waals surface area contributed by atoms with Crippen molar-refractivity contribution < 1.29 is 14.3 Å². The molecule has 0 aromatic heterocycles. The maximum absolute atomic E-state index is 12.6. The van der Waals surface area contributed by atoms with Crippen LogP contribution in [0.4, 0.5) is 5.69 Å². The molecule has 1 fully saturated rings. The number of hydrogen-bond acceptors (Lipinski definition) is 5. The second kappa shape index (κ2) is 14.0. The van der Waals surface area contributed by atoms with E-state index in [0.29, 0.717) is 37.5 Å². The van der Waals surface area contributed by atoms with Crippen LogP contribution in [-0.2, 0) is 16.1 Å². The van der Waals surface area contributed by atoms with Gasteiger partial charge in [-0.3, -0.25) is 14.5 Å². The fraction of sp³-hybridized carbons (Fsp3) is 0.364. The third-order valence-electron chi connectivity index (χ3n) is 4.76. The molecule has 0 aliphatic carbocycles. The molecular formula is C22H30Cl2N4O3. The van der Waals surface area contributed by atoms with Gasteiger partial charge in [0.2, 0.25) is 5.91 Å². The smallest absolute Gasteiger partial charge is 0.253 e. The number of carbonyl (C=O) groups is 2. The highest BCUT2D eigenvalue weighted by Crippen LogP contribution is 2.17. The van der Waals surface area contributed by atoms with Crippen LogP contribution in [0, 0.1) is 0 Å². The highest BCUT2D eigenvalue weighted by atomic mass is 35.5. The van der Waals surface area contributed by atoms with Gasteiger partial charge in [0.1, 0.15) is 0 Å². The van der Waals surface area contributed by atoms with E-state index in [-0.39, 0.29) is 49.2 Å². The molecule has 1 unspecified atom stereocenters. The van der Waals surface area contributed by atoms with Crippen molar-refractivity contribution in [1.82, 2.24) is 10.2 Å². The molecule has 0 saturated carbocycles. The van der Waals surface area contributed by atoms with E-state index in [1.807, 2.05) is 18.2 Å². The quantitative estimate of drug-likeness (QED) is 0.552.